The molecular weight excluding hydrogens is 415 g/mol. The summed E-state index contributed by atoms with van der Waals surface area (Å²) in [7, 11) is -1.99. The lowest BCUT2D eigenvalue weighted by molar-refractivity contribution is 0.468. The molecule has 3 aromatic rings. The van der Waals surface area contributed by atoms with Crippen LogP contribution >= 0.6 is 0 Å². The van der Waals surface area contributed by atoms with Gasteiger partial charge in [0.2, 0.25) is 0 Å². The minimum Gasteiger partial charge on any atom is -0.380 e. The molecule has 1 aliphatic rings. The normalized spacial score (nSPS) is 19.8. The molecule has 1 fully saturated rings. The molecule has 4 rings (SSSR count). The van der Waals surface area contributed by atoms with Crippen molar-refractivity contribution in [2.45, 2.75) is 36.8 Å². The van der Waals surface area contributed by atoms with E-state index in [0.29, 0.717) is 19.0 Å². The van der Waals surface area contributed by atoms with Crippen LogP contribution < -0.4 is 5.32 Å². The first-order valence-electron chi connectivity index (χ1n) is 10.3. The average Bonchev–Trinajstić information content (AvgIpc) is 3.36. The zero-order valence-electron chi connectivity index (χ0n) is 17.9. The van der Waals surface area contributed by atoms with Crippen LogP contribution in [0.5, 0.6) is 0 Å². The van der Waals surface area contributed by atoms with Gasteiger partial charge in [-0.1, -0.05) is 38.1 Å². The van der Waals surface area contributed by atoms with Crippen LogP contribution in [0.25, 0.3) is 0 Å². The fraction of sp³-hybridized carbons (Fsp3) is 0.348. The van der Waals surface area contributed by atoms with Gasteiger partial charge in [-0.2, -0.15) is 4.31 Å². The summed E-state index contributed by atoms with van der Waals surface area (Å²) < 4.78 is 42.9. The van der Waals surface area contributed by atoms with Crippen molar-refractivity contribution in [2.24, 2.45) is 7.05 Å². The Morgan fingerprint density at radius 2 is 1.87 bits per heavy atom. The van der Waals surface area contributed by atoms with Crippen LogP contribution in [-0.4, -0.2) is 41.4 Å². The van der Waals surface area contributed by atoms with E-state index in [9.17, 15) is 12.8 Å². The fourth-order valence-corrected chi connectivity index (χ4v) is 5.47. The Morgan fingerprint density at radius 3 is 2.52 bits per heavy atom. The maximum Gasteiger partial charge on any atom is 0.262 e. The molecule has 1 saturated heterocycles. The molecule has 0 amide bonds. The van der Waals surface area contributed by atoms with Gasteiger partial charge in [0, 0.05) is 44.0 Å². The maximum atomic E-state index is 13.5. The number of aromatic nitrogens is 2. The molecule has 2 aromatic carbocycles. The molecule has 1 aliphatic heterocycles. The maximum absolute atomic E-state index is 13.5. The Hall–Kier alpha value is -2.71. The molecule has 164 valence electrons. The van der Waals surface area contributed by atoms with Gasteiger partial charge in [0.25, 0.3) is 10.0 Å². The molecule has 0 radical (unpaired) electrons. The number of benzene rings is 2. The minimum atomic E-state index is -3.73. The van der Waals surface area contributed by atoms with Gasteiger partial charge in [-0.3, -0.25) is 0 Å². The van der Waals surface area contributed by atoms with Gasteiger partial charge in [0.15, 0.2) is 5.03 Å². The molecule has 2 atom stereocenters. The highest BCUT2D eigenvalue weighted by Crippen LogP contribution is 2.33. The lowest BCUT2D eigenvalue weighted by Gasteiger charge is -2.22. The summed E-state index contributed by atoms with van der Waals surface area (Å²) in [6, 6.07) is 14.3. The first-order chi connectivity index (χ1) is 14.7. The number of hydrogen-bond donors (Lipinski definition) is 1. The Kier molecular flexibility index (Phi) is 5.85. The van der Waals surface area contributed by atoms with Crippen molar-refractivity contribution in [1.29, 1.82) is 0 Å². The third-order valence-corrected chi connectivity index (χ3v) is 7.49. The van der Waals surface area contributed by atoms with Gasteiger partial charge in [-0.05, 0) is 41.3 Å². The van der Waals surface area contributed by atoms with E-state index >= 15 is 0 Å². The van der Waals surface area contributed by atoms with E-state index in [-0.39, 0.29) is 22.8 Å². The van der Waals surface area contributed by atoms with E-state index in [2.05, 4.69) is 36.3 Å². The van der Waals surface area contributed by atoms with E-state index in [4.69, 9.17) is 0 Å². The zero-order valence-corrected chi connectivity index (χ0v) is 18.7. The number of imidazole rings is 1. The van der Waals surface area contributed by atoms with E-state index in [1.165, 1.54) is 34.5 Å². The molecule has 1 N–H and O–H groups in total. The summed E-state index contributed by atoms with van der Waals surface area (Å²) >= 11 is 0. The SMILES string of the molecule is CC(C)c1cccc(NC2CN(S(=O)(=O)c3cn(C)cn3)CC2c2ccc(F)cc2)c1. The number of anilines is 1. The van der Waals surface area contributed by atoms with Crippen LogP contribution in [0.4, 0.5) is 10.1 Å². The van der Waals surface area contributed by atoms with Gasteiger partial charge < -0.3 is 9.88 Å². The Labute approximate surface area is 182 Å². The molecule has 0 bridgehead atoms. The molecule has 2 unspecified atom stereocenters. The monoisotopic (exact) mass is 442 g/mol. The first kappa shape index (κ1) is 21.5. The number of hydrogen-bond acceptors (Lipinski definition) is 4. The molecule has 31 heavy (non-hydrogen) atoms. The van der Waals surface area contributed by atoms with Crippen LogP contribution in [0, 0.1) is 5.82 Å². The first-order valence-corrected chi connectivity index (χ1v) is 11.8. The van der Waals surface area contributed by atoms with Crippen LogP contribution in [0.15, 0.2) is 66.1 Å². The molecular formula is C23H27FN4O2S. The predicted octanol–water partition coefficient (Wildman–Crippen LogP) is 3.95. The Bertz CT molecular complexity index is 1160. The zero-order chi connectivity index (χ0) is 22.2. The highest BCUT2D eigenvalue weighted by molar-refractivity contribution is 7.89. The van der Waals surface area contributed by atoms with Crippen molar-refractivity contribution in [1.82, 2.24) is 13.9 Å². The number of halogens is 1. The van der Waals surface area contributed by atoms with Gasteiger partial charge in [-0.15, -0.1) is 0 Å². The largest absolute Gasteiger partial charge is 0.380 e. The molecule has 6 nitrogen and oxygen atoms in total. The summed E-state index contributed by atoms with van der Waals surface area (Å²) in [5.74, 6) is -0.0464. The lowest BCUT2D eigenvalue weighted by Crippen LogP contribution is -2.32. The topological polar surface area (TPSA) is 67.2 Å². The van der Waals surface area contributed by atoms with Crippen molar-refractivity contribution >= 4 is 15.7 Å². The predicted molar refractivity (Wildman–Crippen MR) is 119 cm³/mol. The number of rotatable bonds is 6. The second-order valence-electron chi connectivity index (χ2n) is 8.39. The molecule has 1 aromatic heterocycles. The van der Waals surface area contributed by atoms with E-state index in [1.54, 1.807) is 23.7 Å². The summed E-state index contributed by atoms with van der Waals surface area (Å²) in [6.07, 6.45) is 2.99. The van der Waals surface area contributed by atoms with Gasteiger partial charge in [0.05, 0.1) is 6.33 Å². The second kappa shape index (κ2) is 8.43. The van der Waals surface area contributed by atoms with E-state index < -0.39 is 10.0 Å². The summed E-state index contributed by atoms with van der Waals surface area (Å²) in [5, 5.41) is 3.57. The standard InChI is InChI=1S/C23H27FN4O2S/c1-16(2)18-5-4-6-20(11-18)26-22-13-28(31(29,30)23-14-27(3)15-25-23)12-21(22)17-7-9-19(24)10-8-17/h4-11,14-16,21-22,26H,12-13H2,1-3H3. The highest BCUT2D eigenvalue weighted by atomic mass is 32.2. The smallest absolute Gasteiger partial charge is 0.262 e. The van der Waals surface area contributed by atoms with Gasteiger partial charge in [0.1, 0.15) is 5.82 Å². The molecule has 2 heterocycles. The fourth-order valence-electron chi connectivity index (χ4n) is 4.01. The van der Waals surface area contributed by atoms with E-state index in [0.717, 1.165) is 11.3 Å². The minimum absolute atomic E-state index is 0.0373. The molecule has 0 saturated carbocycles. The Morgan fingerprint density at radius 1 is 1.13 bits per heavy atom. The third-order valence-electron chi connectivity index (χ3n) is 5.78. The number of sulfonamides is 1. The summed E-state index contributed by atoms with van der Waals surface area (Å²) in [5.41, 5.74) is 3.05. The van der Waals surface area contributed by atoms with Crippen molar-refractivity contribution in [3.05, 3.63) is 78.0 Å². The lowest BCUT2D eigenvalue weighted by atomic mass is 9.94. The number of nitrogens with one attached hydrogen (secondary N) is 1. The summed E-state index contributed by atoms with van der Waals surface area (Å²) in [4.78, 5) is 4.04. The second-order valence-corrected chi connectivity index (χ2v) is 10.3. The number of nitrogens with zero attached hydrogens (tertiary/aromatic N) is 3. The molecule has 0 aliphatic carbocycles. The molecule has 0 spiro atoms. The van der Waals surface area contributed by atoms with Crippen LogP contribution in [-0.2, 0) is 17.1 Å². The quantitative estimate of drug-likeness (QED) is 0.628. The van der Waals surface area contributed by atoms with Crippen molar-refractivity contribution < 1.29 is 12.8 Å². The van der Waals surface area contributed by atoms with Crippen molar-refractivity contribution in [3.63, 3.8) is 0 Å². The van der Waals surface area contributed by atoms with Crippen LogP contribution in [0.3, 0.4) is 0 Å². The summed E-state index contributed by atoms with van der Waals surface area (Å²) in [6.45, 7) is 4.87. The van der Waals surface area contributed by atoms with Crippen LogP contribution in [0.2, 0.25) is 0 Å². The van der Waals surface area contributed by atoms with E-state index in [1.807, 2.05) is 12.1 Å². The average molecular weight is 443 g/mol. The van der Waals surface area contributed by atoms with Crippen LogP contribution in [0.1, 0.15) is 36.8 Å². The highest BCUT2D eigenvalue weighted by Gasteiger charge is 2.41. The van der Waals surface area contributed by atoms with Gasteiger partial charge >= 0.3 is 0 Å². The molecule has 8 heteroatoms. The van der Waals surface area contributed by atoms with Gasteiger partial charge in [-0.25, -0.2) is 17.8 Å². The Balaban J connectivity index is 1.65. The van der Waals surface area contributed by atoms with Crippen molar-refractivity contribution in [2.75, 3.05) is 18.4 Å². The number of aryl methyl sites for hydroxylation is 1. The third kappa shape index (κ3) is 4.50. The van der Waals surface area contributed by atoms with Crippen molar-refractivity contribution in [3.8, 4) is 0 Å².